The molecular weight excluding hydrogens is 368 g/mol. The van der Waals surface area contributed by atoms with Crippen LogP contribution in [-0.4, -0.2) is 71.2 Å². The standard InChI is InChI=1S/C21H22N6O2/c28-27(29)19-9-5-4-8-18(19)10-22-23-20(17-6-2-1-3-7-17)21-11-24-14-25(12-21)16-26(13-21)15-24/h1-10H,11-16H2/b22-10+,23-20-. The smallest absolute Gasteiger partial charge is 0.276 e. The molecule has 8 nitrogen and oxygen atoms in total. The van der Waals surface area contributed by atoms with Gasteiger partial charge in [0, 0.05) is 25.7 Å². The Morgan fingerprint density at radius 3 is 2.14 bits per heavy atom. The minimum absolute atomic E-state index is 0.0332. The monoisotopic (exact) mass is 390 g/mol. The Balaban J connectivity index is 1.53. The molecule has 4 saturated heterocycles. The second-order valence-electron chi connectivity index (χ2n) is 8.07. The van der Waals surface area contributed by atoms with Crippen molar-refractivity contribution < 1.29 is 4.92 Å². The van der Waals surface area contributed by atoms with Crippen LogP contribution in [0.1, 0.15) is 11.1 Å². The van der Waals surface area contributed by atoms with Crippen LogP contribution in [0.25, 0.3) is 0 Å². The molecule has 0 N–H and O–H groups in total. The van der Waals surface area contributed by atoms with E-state index in [1.54, 1.807) is 18.2 Å². The van der Waals surface area contributed by atoms with Crippen LogP contribution in [0.5, 0.6) is 0 Å². The summed E-state index contributed by atoms with van der Waals surface area (Å²) in [6.45, 7) is 5.86. The van der Waals surface area contributed by atoms with Crippen molar-refractivity contribution in [2.24, 2.45) is 15.6 Å². The van der Waals surface area contributed by atoms with Crippen molar-refractivity contribution in [2.45, 2.75) is 0 Å². The summed E-state index contributed by atoms with van der Waals surface area (Å²) in [5, 5.41) is 20.2. The van der Waals surface area contributed by atoms with E-state index < -0.39 is 4.92 Å². The molecule has 0 amide bonds. The van der Waals surface area contributed by atoms with E-state index in [2.05, 4.69) is 37.0 Å². The molecule has 4 aliphatic heterocycles. The molecule has 0 saturated carbocycles. The Morgan fingerprint density at radius 2 is 1.52 bits per heavy atom. The zero-order chi connectivity index (χ0) is 19.8. The van der Waals surface area contributed by atoms with Crippen molar-refractivity contribution in [3.63, 3.8) is 0 Å². The fourth-order valence-corrected chi connectivity index (χ4v) is 4.92. The number of nitro groups is 1. The van der Waals surface area contributed by atoms with Crippen LogP contribution < -0.4 is 0 Å². The third-order valence-electron chi connectivity index (χ3n) is 5.82. The molecule has 0 radical (unpaired) electrons. The quantitative estimate of drug-likeness (QED) is 0.444. The maximum absolute atomic E-state index is 11.3. The summed E-state index contributed by atoms with van der Waals surface area (Å²) in [6.07, 6.45) is 1.49. The summed E-state index contributed by atoms with van der Waals surface area (Å²) in [4.78, 5) is 18.2. The van der Waals surface area contributed by atoms with Crippen LogP contribution in [0.3, 0.4) is 0 Å². The molecule has 2 aromatic rings. The molecule has 6 rings (SSSR count). The Bertz CT molecular complexity index is 952. The van der Waals surface area contributed by atoms with E-state index in [0.29, 0.717) is 5.56 Å². The largest absolute Gasteiger partial charge is 0.278 e. The first-order chi connectivity index (χ1) is 14.1. The van der Waals surface area contributed by atoms with Crippen molar-refractivity contribution in [3.05, 3.63) is 75.8 Å². The highest BCUT2D eigenvalue weighted by Crippen LogP contribution is 2.38. The van der Waals surface area contributed by atoms with Crippen LogP contribution >= 0.6 is 0 Å². The van der Waals surface area contributed by atoms with E-state index in [-0.39, 0.29) is 11.1 Å². The zero-order valence-electron chi connectivity index (χ0n) is 16.0. The summed E-state index contributed by atoms with van der Waals surface area (Å²) in [6, 6.07) is 16.7. The molecule has 148 valence electrons. The molecule has 4 fully saturated rings. The summed E-state index contributed by atoms with van der Waals surface area (Å²) < 4.78 is 0. The SMILES string of the molecule is O=[N+]([O-])c1ccccc1/C=N/N=C(/c1ccccc1)C12CN3CN(CN(C3)C1)C2. The maximum Gasteiger partial charge on any atom is 0.278 e. The average Bonchev–Trinajstić information content (AvgIpc) is 2.71. The summed E-state index contributed by atoms with van der Waals surface area (Å²) >= 11 is 0. The first-order valence-corrected chi connectivity index (χ1v) is 9.70. The van der Waals surface area contributed by atoms with Gasteiger partial charge in [-0.2, -0.15) is 10.2 Å². The molecule has 4 bridgehead atoms. The van der Waals surface area contributed by atoms with Crippen LogP contribution in [0, 0.1) is 15.5 Å². The Kier molecular flexibility index (Phi) is 4.46. The Labute approximate surface area is 168 Å². The molecule has 29 heavy (non-hydrogen) atoms. The highest BCUT2D eigenvalue weighted by molar-refractivity contribution is 6.05. The van der Waals surface area contributed by atoms with Gasteiger partial charge in [-0.3, -0.25) is 24.8 Å². The average molecular weight is 390 g/mol. The van der Waals surface area contributed by atoms with E-state index in [1.807, 2.05) is 18.2 Å². The lowest BCUT2D eigenvalue weighted by Crippen LogP contribution is -2.74. The summed E-state index contributed by atoms with van der Waals surface area (Å²) in [5.74, 6) is 0. The van der Waals surface area contributed by atoms with Gasteiger partial charge in [0.05, 0.1) is 47.8 Å². The zero-order valence-corrected chi connectivity index (χ0v) is 16.0. The minimum Gasteiger partial charge on any atom is -0.276 e. The van der Waals surface area contributed by atoms with Gasteiger partial charge in [-0.1, -0.05) is 42.5 Å². The first-order valence-electron chi connectivity index (χ1n) is 9.70. The van der Waals surface area contributed by atoms with Gasteiger partial charge in [0.25, 0.3) is 5.69 Å². The predicted molar refractivity (Wildman–Crippen MR) is 111 cm³/mol. The van der Waals surface area contributed by atoms with Crippen LogP contribution in [0.15, 0.2) is 64.8 Å². The maximum atomic E-state index is 11.3. The number of rotatable bonds is 5. The van der Waals surface area contributed by atoms with E-state index in [1.165, 1.54) is 12.3 Å². The van der Waals surface area contributed by atoms with E-state index in [0.717, 1.165) is 50.9 Å². The van der Waals surface area contributed by atoms with Gasteiger partial charge in [0.2, 0.25) is 0 Å². The second kappa shape index (κ2) is 7.14. The van der Waals surface area contributed by atoms with Gasteiger partial charge in [-0.05, 0) is 11.6 Å². The van der Waals surface area contributed by atoms with Crippen LogP contribution in [0.4, 0.5) is 5.69 Å². The molecule has 4 heterocycles. The summed E-state index contributed by atoms with van der Waals surface area (Å²) in [7, 11) is 0. The van der Waals surface area contributed by atoms with Gasteiger partial charge in [0.15, 0.2) is 0 Å². The van der Waals surface area contributed by atoms with E-state index >= 15 is 0 Å². The molecule has 2 aromatic carbocycles. The number of nitrogens with zero attached hydrogens (tertiary/aromatic N) is 6. The fourth-order valence-electron chi connectivity index (χ4n) is 4.92. The van der Waals surface area contributed by atoms with Crippen molar-refractivity contribution in [2.75, 3.05) is 39.6 Å². The number of hydrogen-bond donors (Lipinski definition) is 0. The molecule has 0 spiro atoms. The van der Waals surface area contributed by atoms with Crippen LogP contribution in [0.2, 0.25) is 0 Å². The van der Waals surface area contributed by atoms with Gasteiger partial charge in [-0.15, -0.1) is 0 Å². The first kappa shape index (κ1) is 18.1. The number of hydrogen-bond acceptors (Lipinski definition) is 7. The predicted octanol–water partition coefficient (Wildman–Crippen LogP) is 2.22. The van der Waals surface area contributed by atoms with Crippen molar-refractivity contribution in [1.29, 1.82) is 0 Å². The highest BCUT2D eigenvalue weighted by atomic mass is 16.6. The van der Waals surface area contributed by atoms with E-state index in [9.17, 15) is 10.1 Å². The number of nitro benzene ring substituents is 1. The summed E-state index contributed by atoms with van der Waals surface area (Å²) in [5.41, 5.74) is 2.38. The molecule has 4 aliphatic rings. The lowest BCUT2D eigenvalue weighted by atomic mass is 9.74. The van der Waals surface area contributed by atoms with Crippen molar-refractivity contribution >= 4 is 17.6 Å². The molecule has 0 aliphatic carbocycles. The Morgan fingerprint density at radius 1 is 0.931 bits per heavy atom. The second-order valence-corrected chi connectivity index (χ2v) is 8.07. The normalized spacial score (nSPS) is 30.8. The van der Waals surface area contributed by atoms with Crippen molar-refractivity contribution in [3.8, 4) is 0 Å². The van der Waals surface area contributed by atoms with E-state index in [4.69, 9.17) is 0 Å². The molecule has 0 atom stereocenters. The third-order valence-corrected chi connectivity index (χ3v) is 5.82. The minimum atomic E-state index is -0.393. The third kappa shape index (κ3) is 3.35. The molecule has 0 aromatic heterocycles. The molecule has 8 heteroatoms. The number of benzene rings is 2. The van der Waals surface area contributed by atoms with Crippen LogP contribution in [-0.2, 0) is 0 Å². The lowest BCUT2D eigenvalue weighted by molar-refractivity contribution is -0.385. The highest BCUT2D eigenvalue weighted by Gasteiger charge is 2.51. The molecular formula is C21H22N6O2. The van der Waals surface area contributed by atoms with Gasteiger partial charge in [-0.25, -0.2) is 0 Å². The topological polar surface area (TPSA) is 77.6 Å². The van der Waals surface area contributed by atoms with Gasteiger partial charge in [0.1, 0.15) is 0 Å². The Hall–Kier alpha value is -2.94. The lowest BCUT2D eigenvalue weighted by Gasteiger charge is -2.60. The van der Waals surface area contributed by atoms with Gasteiger partial charge >= 0.3 is 0 Å². The number of para-hydroxylation sites is 1. The van der Waals surface area contributed by atoms with Gasteiger partial charge < -0.3 is 0 Å². The fraction of sp³-hybridized carbons (Fsp3) is 0.333. The molecule has 0 unspecified atom stereocenters. The van der Waals surface area contributed by atoms with Crippen molar-refractivity contribution in [1.82, 2.24) is 14.7 Å².